The number of hydrogen-bond donors (Lipinski definition) is 1. The number of hydrogen-bond acceptors (Lipinski definition) is 2. The average molecular weight is 238 g/mol. The molecular weight excluding hydrogens is 212 g/mol. The number of carbonyl (C=O) groups is 1. The summed E-state index contributed by atoms with van der Waals surface area (Å²) < 4.78 is 0. The average Bonchev–Trinajstić information content (AvgIpc) is 2.28. The molecule has 0 aromatic carbocycles. The highest BCUT2D eigenvalue weighted by molar-refractivity contribution is 5.79. The maximum absolute atomic E-state index is 12.6. The van der Waals surface area contributed by atoms with Crippen LogP contribution in [0.2, 0.25) is 0 Å². The Labute approximate surface area is 105 Å². The van der Waals surface area contributed by atoms with E-state index in [0.717, 1.165) is 32.4 Å². The Morgan fingerprint density at radius 3 is 2.41 bits per heavy atom. The molecule has 1 atom stereocenters. The van der Waals surface area contributed by atoms with Gasteiger partial charge in [-0.25, -0.2) is 0 Å². The van der Waals surface area contributed by atoms with Crippen LogP contribution in [-0.4, -0.2) is 29.9 Å². The highest BCUT2D eigenvalue weighted by atomic mass is 16.2. The first-order chi connectivity index (χ1) is 8.00. The molecule has 0 aromatic rings. The van der Waals surface area contributed by atoms with Crippen LogP contribution < -0.4 is 5.73 Å². The molecule has 1 heterocycles. The zero-order valence-electron chi connectivity index (χ0n) is 11.2. The quantitative estimate of drug-likeness (QED) is 0.761. The zero-order valence-corrected chi connectivity index (χ0v) is 11.2. The Morgan fingerprint density at radius 2 is 1.82 bits per heavy atom. The summed E-state index contributed by atoms with van der Waals surface area (Å²) >= 11 is 0. The van der Waals surface area contributed by atoms with Crippen LogP contribution >= 0.6 is 0 Å². The summed E-state index contributed by atoms with van der Waals surface area (Å²) in [4.78, 5) is 14.6. The lowest BCUT2D eigenvalue weighted by atomic mass is 9.68. The minimum absolute atomic E-state index is 0.189. The summed E-state index contributed by atoms with van der Waals surface area (Å²) in [5, 5.41) is 0. The highest BCUT2D eigenvalue weighted by Crippen LogP contribution is 2.41. The molecule has 98 valence electrons. The highest BCUT2D eigenvalue weighted by Gasteiger charge is 2.39. The van der Waals surface area contributed by atoms with E-state index in [1.54, 1.807) is 0 Å². The van der Waals surface area contributed by atoms with E-state index in [1.807, 2.05) is 0 Å². The Balaban J connectivity index is 1.99. The van der Waals surface area contributed by atoms with Crippen molar-refractivity contribution in [2.45, 2.75) is 58.4 Å². The van der Waals surface area contributed by atoms with Gasteiger partial charge < -0.3 is 10.6 Å². The topological polar surface area (TPSA) is 46.3 Å². The predicted octanol–water partition coefficient (Wildman–Crippen LogP) is 2.15. The smallest absolute Gasteiger partial charge is 0.226 e. The largest absolute Gasteiger partial charge is 0.342 e. The molecule has 2 N–H and O–H groups in total. The van der Waals surface area contributed by atoms with Crippen molar-refractivity contribution in [1.82, 2.24) is 4.90 Å². The minimum Gasteiger partial charge on any atom is -0.342 e. The molecule has 1 saturated carbocycles. The first-order valence-corrected chi connectivity index (χ1v) is 7.05. The van der Waals surface area contributed by atoms with E-state index in [4.69, 9.17) is 5.73 Å². The summed E-state index contributed by atoms with van der Waals surface area (Å²) in [5.74, 6) is 0.632. The van der Waals surface area contributed by atoms with Crippen molar-refractivity contribution in [2.24, 2.45) is 17.1 Å². The summed E-state index contributed by atoms with van der Waals surface area (Å²) in [6.07, 6.45) is 6.71. The van der Waals surface area contributed by atoms with Crippen molar-refractivity contribution in [2.75, 3.05) is 13.1 Å². The Hall–Kier alpha value is -0.570. The van der Waals surface area contributed by atoms with Gasteiger partial charge in [0.15, 0.2) is 0 Å². The van der Waals surface area contributed by atoms with Crippen LogP contribution in [0.25, 0.3) is 0 Å². The van der Waals surface area contributed by atoms with Gasteiger partial charge in [0.1, 0.15) is 0 Å². The van der Waals surface area contributed by atoms with E-state index < -0.39 is 0 Å². The second-order valence-corrected chi connectivity index (χ2v) is 6.45. The number of nitrogens with zero attached hydrogens (tertiary/aromatic N) is 1. The van der Waals surface area contributed by atoms with E-state index >= 15 is 0 Å². The molecule has 2 fully saturated rings. The fourth-order valence-electron chi connectivity index (χ4n) is 3.29. The van der Waals surface area contributed by atoms with Gasteiger partial charge in [-0.15, -0.1) is 0 Å². The number of rotatable bonds is 1. The molecule has 0 bridgehead atoms. The first kappa shape index (κ1) is 12.9. The van der Waals surface area contributed by atoms with Gasteiger partial charge in [0.2, 0.25) is 5.91 Å². The van der Waals surface area contributed by atoms with Gasteiger partial charge in [-0.2, -0.15) is 0 Å². The molecule has 1 aliphatic carbocycles. The Kier molecular flexibility index (Phi) is 3.76. The monoisotopic (exact) mass is 238 g/mol. The zero-order chi connectivity index (χ0) is 12.5. The second kappa shape index (κ2) is 4.97. The number of piperidine rings is 1. The maximum atomic E-state index is 12.6. The lowest BCUT2D eigenvalue weighted by Gasteiger charge is -2.41. The van der Waals surface area contributed by atoms with E-state index in [9.17, 15) is 4.79 Å². The molecule has 1 amide bonds. The standard InChI is InChI=1S/C14H26N2O/c1-14(2)8-4-3-5-12(14)13(17)16-9-6-11(15)7-10-16/h11-12H,3-10,15H2,1-2H3. The van der Waals surface area contributed by atoms with Crippen molar-refractivity contribution in [3.8, 4) is 0 Å². The van der Waals surface area contributed by atoms with Gasteiger partial charge in [-0.05, 0) is 31.1 Å². The van der Waals surface area contributed by atoms with E-state index in [1.165, 1.54) is 19.3 Å². The molecule has 0 radical (unpaired) electrons. The van der Waals surface area contributed by atoms with Crippen molar-refractivity contribution < 1.29 is 4.79 Å². The Morgan fingerprint density at radius 1 is 1.18 bits per heavy atom. The molecule has 17 heavy (non-hydrogen) atoms. The molecule has 1 unspecified atom stereocenters. The van der Waals surface area contributed by atoms with Crippen molar-refractivity contribution in [3.63, 3.8) is 0 Å². The summed E-state index contributed by atoms with van der Waals surface area (Å²) in [6.45, 7) is 6.24. The molecule has 3 heteroatoms. The fourth-order valence-corrected chi connectivity index (χ4v) is 3.29. The summed E-state index contributed by atoms with van der Waals surface area (Å²) in [5.41, 5.74) is 6.08. The van der Waals surface area contributed by atoms with Crippen LogP contribution in [0.5, 0.6) is 0 Å². The van der Waals surface area contributed by atoms with Crippen molar-refractivity contribution >= 4 is 5.91 Å². The fraction of sp³-hybridized carbons (Fsp3) is 0.929. The minimum atomic E-state index is 0.189. The van der Waals surface area contributed by atoms with Crippen LogP contribution in [0, 0.1) is 11.3 Å². The summed E-state index contributed by atoms with van der Waals surface area (Å²) in [7, 11) is 0. The van der Waals surface area contributed by atoms with Crippen molar-refractivity contribution in [3.05, 3.63) is 0 Å². The van der Waals surface area contributed by atoms with Crippen LogP contribution in [0.4, 0.5) is 0 Å². The van der Waals surface area contributed by atoms with Gasteiger partial charge in [0.05, 0.1) is 0 Å². The van der Waals surface area contributed by atoms with Crippen LogP contribution in [0.3, 0.4) is 0 Å². The number of carbonyl (C=O) groups excluding carboxylic acids is 1. The maximum Gasteiger partial charge on any atom is 0.226 e. The number of nitrogens with two attached hydrogens (primary N) is 1. The second-order valence-electron chi connectivity index (χ2n) is 6.45. The molecule has 1 saturated heterocycles. The van der Waals surface area contributed by atoms with E-state index in [-0.39, 0.29) is 11.3 Å². The van der Waals surface area contributed by atoms with E-state index in [2.05, 4.69) is 18.7 Å². The molecular formula is C14H26N2O. The van der Waals surface area contributed by atoms with Crippen LogP contribution in [0.15, 0.2) is 0 Å². The van der Waals surface area contributed by atoms with Crippen LogP contribution in [-0.2, 0) is 4.79 Å². The molecule has 3 nitrogen and oxygen atoms in total. The first-order valence-electron chi connectivity index (χ1n) is 7.05. The lowest BCUT2D eigenvalue weighted by molar-refractivity contribution is -0.142. The van der Waals surface area contributed by atoms with Gasteiger partial charge >= 0.3 is 0 Å². The van der Waals surface area contributed by atoms with Gasteiger partial charge in [-0.1, -0.05) is 26.7 Å². The third kappa shape index (κ3) is 2.82. The van der Waals surface area contributed by atoms with E-state index in [0.29, 0.717) is 11.9 Å². The van der Waals surface area contributed by atoms with Crippen LogP contribution in [0.1, 0.15) is 52.4 Å². The lowest BCUT2D eigenvalue weighted by Crippen LogP contribution is -2.48. The molecule has 0 spiro atoms. The third-order valence-electron chi connectivity index (χ3n) is 4.66. The molecule has 0 aromatic heterocycles. The van der Waals surface area contributed by atoms with Gasteiger partial charge in [0.25, 0.3) is 0 Å². The summed E-state index contributed by atoms with van der Waals surface area (Å²) in [6, 6.07) is 0.304. The normalized spacial score (nSPS) is 30.3. The molecule has 2 aliphatic rings. The number of amides is 1. The SMILES string of the molecule is CC1(C)CCCCC1C(=O)N1CCC(N)CC1. The molecule has 2 rings (SSSR count). The van der Waals surface area contributed by atoms with Crippen molar-refractivity contribution in [1.29, 1.82) is 0 Å². The van der Waals surface area contributed by atoms with Gasteiger partial charge in [-0.3, -0.25) is 4.79 Å². The number of likely N-dealkylation sites (tertiary alicyclic amines) is 1. The third-order valence-corrected chi connectivity index (χ3v) is 4.66. The predicted molar refractivity (Wildman–Crippen MR) is 69.5 cm³/mol. The Bertz CT molecular complexity index is 280. The van der Waals surface area contributed by atoms with Gasteiger partial charge in [0, 0.05) is 25.0 Å². The molecule has 1 aliphatic heterocycles.